The number of nitrogens with zero attached hydrogens (tertiary/aromatic N) is 2. The molecule has 2 aliphatic heterocycles. The minimum Gasteiger partial charge on any atom is -0.386 e. The van der Waals surface area contributed by atoms with Crippen LogP contribution in [0, 0.1) is 0 Å². The first-order chi connectivity index (χ1) is 5.25. The predicted octanol–water partition coefficient (Wildman–Crippen LogP) is 0.459. The molecule has 0 aromatic heterocycles. The largest absolute Gasteiger partial charge is 0.386 e. The maximum Gasteiger partial charge on any atom is 0.142 e. The van der Waals surface area contributed by atoms with E-state index in [0.717, 1.165) is 12.4 Å². The number of hydrogen-bond donors (Lipinski definition) is 1. The van der Waals surface area contributed by atoms with E-state index in [4.69, 9.17) is 5.73 Å². The van der Waals surface area contributed by atoms with Crippen LogP contribution in [0.5, 0.6) is 0 Å². The summed E-state index contributed by atoms with van der Waals surface area (Å²) in [4.78, 5) is 6.36. The van der Waals surface area contributed by atoms with Crippen molar-refractivity contribution in [3.63, 3.8) is 0 Å². The van der Waals surface area contributed by atoms with Gasteiger partial charge < -0.3 is 10.6 Å². The fourth-order valence-corrected chi connectivity index (χ4v) is 1.38. The predicted molar refractivity (Wildman–Crippen MR) is 45.0 cm³/mol. The number of aliphatic imine (C=N–C) groups is 1. The van der Waals surface area contributed by atoms with E-state index in [9.17, 15) is 0 Å². The van der Waals surface area contributed by atoms with Gasteiger partial charge >= 0.3 is 0 Å². The van der Waals surface area contributed by atoms with Crippen molar-refractivity contribution in [2.75, 3.05) is 6.54 Å². The van der Waals surface area contributed by atoms with E-state index in [1.807, 2.05) is 0 Å². The number of nitrogens with two attached hydrogens (primary N) is 1. The van der Waals surface area contributed by atoms with Crippen LogP contribution >= 0.6 is 0 Å². The summed E-state index contributed by atoms with van der Waals surface area (Å²) in [6, 6.07) is 0. The van der Waals surface area contributed by atoms with Gasteiger partial charge in [-0.2, -0.15) is 0 Å². The standard InChI is InChI=1S/C8H11N3/c1-6-2-3-8-10-7(9)5-11(8)4-6/h2-4,8H,5H2,1H3,(H2,9,10). The molecule has 1 unspecified atom stereocenters. The van der Waals surface area contributed by atoms with Crippen LogP contribution in [0.3, 0.4) is 0 Å². The van der Waals surface area contributed by atoms with Crippen LogP contribution in [0.1, 0.15) is 6.92 Å². The summed E-state index contributed by atoms with van der Waals surface area (Å²) in [5, 5.41) is 0. The third-order valence-corrected chi connectivity index (χ3v) is 1.88. The highest BCUT2D eigenvalue weighted by Crippen LogP contribution is 2.17. The van der Waals surface area contributed by atoms with E-state index in [1.54, 1.807) is 0 Å². The van der Waals surface area contributed by atoms with Crippen LogP contribution in [0.15, 0.2) is 28.9 Å². The normalized spacial score (nSPS) is 28.1. The molecule has 2 heterocycles. The van der Waals surface area contributed by atoms with Crippen molar-refractivity contribution < 1.29 is 0 Å². The van der Waals surface area contributed by atoms with Crippen molar-refractivity contribution in [3.8, 4) is 0 Å². The molecule has 2 aliphatic rings. The highest BCUT2D eigenvalue weighted by Gasteiger charge is 2.21. The highest BCUT2D eigenvalue weighted by atomic mass is 15.3. The summed E-state index contributed by atoms with van der Waals surface area (Å²) in [5.41, 5.74) is 6.84. The maximum absolute atomic E-state index is 5.59. The van der Waals surface area contributed by atoms with Gasteiger partial charge in [-0.3, -0.25) is 0 Å². The van der Waals surface area contributed by atoms with Gasteiger partial charge in [0.1, 0.15) is 12.0 Å². The van der Waals surface area contributed by atoms with Gasteiger partial charge in [0.05, 0.1) is 6.54 Å². The van der Waals surface area contributed by atoms with Gasteiger partial charge in [-0.1, -0.05) is 6.08 Å². The van der Waals surface area contributed by atoms with Gasteiger partial charge in [-0.05, 0) is 18.6 Å². The van der Waals surface area contributed by atoms with Crippen LogP contribution in [-0.2, 0) is 0 Å². The number of allylic oxidation sites excluding steroid dienone is 2. The number of hydrogen-bond acceptors (Lipinski definition) is 3. The molecule has 0 saturated heterocycles. The van der Waals surface area contributed by atoms with Crippen molar-refractivity contribution in [1.82, 2.24) is 4.90 Å². The van der Waals surface area contributed by atoms with E-state index in [0.29, 0.717) is 0 Å². The van der Waals surface area contributed by atoms with Crippen molar-refractivity contribution in [3.05, 3.63) is 23.9 Å². The third-order valence-electron chi connectivity index (χ3n) is 1.88. The van der Waals surface area contributed by atoms with E-state index < -0.39 is 0 Å². The lowest BCUT2D eigenvalue weighted by molar-refractivity contribution is 0.390. The summed E-state index contributed by atoms with van der Waals surface area (Å²) in [6.45, 7) is 2.84. The van der Waals surface area contributed by atoms with E-state index in [2.05, 4.69) is 35.2 Å². The second-order valence-electron chi connectivity index (χ2n) is 2.94. The minimum absolute atomic E-state index is 0.165. The Balaban J connectivity index is 2.25. The molecule has 58 valence electrons. The van der Waals surface area contributed by atoms with E-state index >= 15 is 0 Å². The lowest BCUT2D eigenvalue weighted by Crippen LogP contribution is -2.28. The number of fused-ring (bicyclic) bond motifs is 1. The quantitative estimate of drug-likeness (QED) is 0.543. The summed E-state index contributed by atoms with van der Waals surface area (Å²) < 4.78 is 0. The molecule has 2 N–H and O–H groups in total. The monoisotopic (exact) mass is 149 g/mol. The maximum atomic E-state index is 5.59. The van der Waals surface area contributed by atoms with Crippen LogP contribution in [0.2, 0.25) is 0 Å². The first-order valence-corrected chi connectivity index (χ1v) is 3.70. The van der Waals surface area contributed by atoms with E-state index in [1.165, 1.54) is 5.57 Å². The van der Waals surface area contributed by atoms with Gasteiger partial charge in [0.2, 0.25) is 0 Å². The zero-order valence-corrected chi connectivity index (χ0v) is 6.49. The van der Waals surface area contributed by atoms with Crippen LogP contribution < -0.4 is 5.73 Å². The fraction of sp³-hybridized carbons (Fsp3) is 0.375. The van der Waals surface area contributed by atoms with Gasteiger partial charge in [0.25, 0.3) is 0 Å². The number of rotatable bonds is 0. The molecule has 0 amide bonds. The summed E-state index contributed by atoms with van der Waals surface area (Å²) in [7, 11) is 0. The van der Waals surface area contributed by atoms with Crippen LogP contribution in [0.4, 0.5) is 0 Å². The molecule has 0 aromatic rings. The third kappa shape index (κ3) is 1.02. The van der Waals surface area contributed by atoms with Gasteiger partial charge in [-0.25, -0.2) is 4.99 Å². The molecule has 3 heteroatoms. The van der Waals surface area contributed by atoms with Crippen molar-refractivity contribution in [2.45, 2.75) is 13.1 Å². The molecular weight excluding hydrogens is 138 g/mol. The zero-order chi connectivity index (χ0) is 7.84. The molecule has 3 nitrogen and oxygen atoms in total. The Morgan fingerprint density at radius 3 is 3.36 bits per heavy atom. The highest BCUT2D eigenvalue weighted by molar-refractivity contribution is 5.84. The zero-order valence-electron chi connectivity index (χ0n) is 6.49. The smallest absolute Gasteiger partial charge is 0.142 e. The van der Waals surface area contributed by atoms with E-state index in [-0.39, 0.29) is 6.17 Å². The molecule has 2 rings (SSSR count). The van der Waals surface area contributed by atoms with Crippen molar-refractivity contribution in [1.29, 1.82) is 0 Å². The van der Waals surface area contributed by atoms with Crippen molar-refractivity contribution in [2.24, 2.45) is 10.7 Å². The molecule has 0 fully saturated rings. The minimum atomic E-state index is 0.165. The van der Waals surface area contributed by atoms with Crippen LogP contribution in [-0.4, -0.2) is 23.4 Å². The molecule has 0 aromatic carbocycles. The fourth-order valence-electron chi connectivity index (χ4n) is 1.38. The Kier molecular flexibility index (Phi) is 1.24. The Morgan fingerprint density at radius 1 is 1.73 bits per heavy atom. The second kappa shape index (κ2) is 2.12. The first-order valence-electron chi connectivity index (χ1n) is 3.70. The second-order valence-corrected chi connectivity index (χ2v) is 2.94. The Morgan fingerprint density at radius 2 is 2.55 bits per heavy atom. The SMILES string of the molecule is CC1=CN2CC(N)=NC2C=C1. The first kappa shape index (κ1) is 6.46. The van der Waals surface area contributed by atoms with Gasteiger partial charge in [0, 0.05) is 6.20 Å². The number of amidine groups is 1. The van der Waals surface area contributed by atoms with Crippen molar-refractivity contribution >= 4 is 5.84 Å². The molecule has 1 atom stereocenters. The Labute approximate surface area is 65.9 Å². The van der Waals surface area contributed by atoms with Crippen LogP contribution in [0.25, 0.3) is 0 Å². The lowest BCUT2D eigenvalue weighted by atomic mass is 10.2. The molecular formula is C8H11N3. The molecule has 0 spiro atoms. The van der Waals surface area contributed by atoms with Gasteiger partial charge in [0.15, 0.2) is 0 Å². The lowest BCUT2D eigenvalue weighted by Gasteiger charge is -2.21. The summed E-state index contributed by atoms with van der Waals surface area (Å²) >= 11 is 0. The molecule has 0 bridgehead atoms. The molecule has 11 heavy (non-hydrogen) atoms. The summed E-state index contributed by atoms with van der Waals surface area (Å²) in [6.07, 6.45) is 6.39. The summed E-state index contributed by atoms with van der Waals surface area (Å²) in [5.74, 6) is 0.727. The molecule has 0 saturated carbocycles. The topological polar surface area (TPSA) is 41.6 Å². The molecule has 0 radical (unpaired) electrons. The van der Waals surface area contributed by atoms with Gasteiger partial charge in [-0.15, -0.1) is 0 Å². The Hall–Kier alpha value is -1.25. The average Bonchev–Trinajstić information content (AvgIpc) is 2.27. The average molecular weight is 149 g/mol. The Bertz CT molecular complexity index is 263. The molecule has 0 aliphatic carbocycles.